The second kappa shape index (κ2) is 4.49. The average molecular weight is 249 g/mol. The number of carbonyl (C=O) groups is 1. The van der Waals surface area contributed by atoms with Crippen LogP contribution in [0.3, 0.4) is 0 Å². The Morgan fingerprint density at radius 3 is 2.42 bits per heavy atom. The van der Waals surface area contributed by atoms with Crippen LogP contribution in [-0.2, 0) is 0 Å². The molecule has 1 aromatic heterocycles. The summed E-state index contributed by atoms with van der Waals surface area (Å²) in [6, 6.07) is 14.7. The number of carbonyl (C=O) groups excluding carboxylic acids is 1. The molecule has 0 atom stereocenters. The van der Waals surface area contributed by atoms with Crippen LogP contribution >= 0.6 is 0 Å². The Bertz CT molecular complexity index is 768. The summed E-state index contributed by atoms with van der Waals surface area (Å²) in [5.74, 6) is -0.467. The number of primary amides is 1. The molecule has 1 heterocycles. The minimum Gasteiger partial charge on any atom is -0.366 e. The van der Waals surface area contributed by atoms with Crippen molar-refractivity contribution in [3.8, 4) is 11.3 Å². The van der Waals surface area contributed by atoms with Crippen molar-refractivity contribution in [3.63, 3.8) is 0 Å². The monoisotopic (exact) mass is 249 g/mol. The Labute approximate surface area is 109 Å². The van der Waals surface area contributed by atoms with Gasteiger partial charge in [-0.3, -0.25) is 9.78 Å². The topological polar surface area (TPSA) is 68.9 Å². The number of para-hydroxylation sites is 2. The molecule has 0 bridgehead atoms. The van der Waals surface area contributed by atoms with Gasteiger partial charge in [0, 0.05) is 11.1 Å². The van der Waals surface area contributed by atoms with Gasteiger partial charge in [0.25, 0.3) is 0 Å². The zero-order valence-corrected chi connectivity index (χ0v) is 10.1. The molecule has 0 aliphatic carbocycles. The van der Waals surface area contributed by atoms with E-state index in [2.05, 4.69) is 9.97 Å². The predicted octanol–water partition coefficient (Wildman–Crippen LogP) is 2.40. The van der Waals surface area contributed by atoms with Gasteiger partial charge >= 0.3 is 0 Å². The molecule has 1 amide bonds. The highest BCUT2D eigenvalue weighted by Gasteiger charge is 2.10. The molecule has 4 heteroatoms. The number of hydrogen-bond acceptors (Lipinski definition) is 3. The Morgan fingerprint density at radius 1 is 0.947 bits per heavy atom. The molecule has 3 rings (SSSR count). The van der Waals surface area contributed by atoms with E-state index in [1.54, 1.807) is 18.3 Å². The summed E-state index contributed by atoms with van der Waals surface area (Å²) in [7, 11) is 0. The average Bonchev–Trinajstić information content (AvgIpc) is 2.46. The minimum atomic E-state index is -0.467. The lowest BCUT2D eigenvalue weighted by Gasteiger charge is -2.06. The van der Waals surface area contributed by atoms with Gasteiger partial charge in [0.1, 0.15) is 0 Å². The van der Waals surface area contributed by atoms with Gasteiger partial charge in [-0.25, -0.2) is 4.98 Å². The number of amides is 1. The summed E-state index contributed by atoms with van der Waals surface area (Å²) >= 11 is 0. The maximum atomic E-state index is 11.4. The van der Waals surface area contributed by atoms with E-state index >= 15 is 0 Å². The number of benzene rings is 2. The quantitative estimate of drug-likeness (QED) is 0.758. The first-order chi connectivity index (χ1) is 9.25. The molecule has 19 heavy (non-hydrogen) atoms. The van der Waals surface area contributed by atoms with Crippen molar-refractivity contribution in [2.24, 2.45) is 5.73 Å². The number of nitrogens with zero attached hydrogens (tertiary/aromatic N) is 2. The summed E-state index contributed by atoms with van der Waals surface area (Å²) in [6.07, 6.45) is 1.66. The summed E-state index contributed by atoms with van der Waals surface area (Å²) in [5.41, 5.74) is 8.79. The van der Waals surface area contributed by atoms with Crippen LogP contribution in [0.15, 0.2) is 54.7 Å². The summed E-state index contributed by atoms with van der Waals surface area (Å²) < 4.78 is 0. The highest BCUT2D eigenvalue weighted by Crippen LogP contribution is 2.22. The highest BCUT2D eigenvalue weighted by molar-refractivity contribution is 5.99. The van der Waals surface area contributed by atoms with E-state index in [0.29, 0.717) is 16.8 Å². The van der Waals surface area contributed by atoms with E-state index in [1.165, 1.54) is 0 Å². The normalized spacial score (nSPS) is 10.5. The molecule has 0 spiro atoms. The number of hydrogen-bond donors (Lipinski definition) is 1. The molecule has 0 unspecified atom stereocenters. The van der Waals surface area contributed by atoms with Gasteiger partial charge in [0.2, 0.25) is 5.91 Å². The first-order valence-electron chi connectivity index (χ1n) is 5.87. The van der Waals surface area contributed by atoms with Crippen molar-refractivity contribution in [1.29, 1.82) is 0 Å². The summed E-state index contributed by atoms with van der Waals surface area (Å²) in [4.78, 5) is 20.3. The van der Waals surface area contributed by atoms with Crippen molar-refractivity contribution < 1.29 is 4.79 Å². The molecule has 3 aromatic rings. The number of rotatable bonds is 2. The third-order valence-corrected chi connectivity index (χ3v) is 2.92. The van der Waals surface area contributed by atoms with Crippen LogP contribution in [0.25, 0.3) is 22.3 Å². The smallest absolute Gasteiger partial charge is 0.249 e. The molecular formula is C15H11N3O. The van der Waals surface area contributed by atoms with Crippen molar-refractivity contribution in [2.75, 3.05) is 0 Å². The number of fused-ring (bicyclic) bond motifs is 1. The van der Waals surface area contributed by atoms with Gasteiger partial charge in [-0.15, -0.1) is 0 Å². The van der Waals surface area contributed by atoms with E-state index in [4.69, 9.17) is 5.73 Å². The van der Waals surface area contributed by atoms with E-state index in [1.807, 2.05) is 36.4 Å². The molecule has 2 aromatic carbocycles. The molecule has 0 saturated carbocycles. The van der Waals surface area contributed by atoms with Gasteiger partial charge in [-0.1, -0.05) is 30.3 Å². The summed E-state index contributed by atoms with van der Waals surface area (Å²) in [5, 5.41) is 0. The van der Waals surface area contributed by atoms with E-state index in [-0.39, 0.29) is 0 Å². The van der Waals surface area contributed by atoms with Gasteiger partial charge < -0.3 is 5.73 Å². The molecule has 92 valence electrons. The van der Waals surface area contributed by atoms with E-state index in [0.717, 1.165) is 11.0 Å². The maximum absolute atomic E-state index is 11.4. The number of aromatic nitrogens is 2. The van der Waals surface area contributed by atoms with Crippen molar-refractivity contribution in [3.05, 3.63) is 60.3 Å². The van der Waals surface area contributed by atoms with Crippen molar-refractivity contribution >= 4 is 16.9 Å². The SMILES string of the molecule is NC(=O)c1ccccc1-c1cnc2ccccc2n1. The standard InChI is InChI=1S/C15H11N3O/c16-15(19)11-6-2-1-5-10(11)14-9-17-12-7-3-4-8-13(12)18-14/h1-9H,(H2,16,19). The summed E-state index contributed by atoms with van der Waals surface area (Å²) in [6.45, 7) is 0. The van der Waals surface area contributed by atoms with Crippen LogP contribution < -0.4 is 5.73 Å². The van der Waals surface area contributed by atoms with E-state index < -0.39 is 5.91 Å². The minimum absolute atomic E-state index is 0.451. The lowest BCUT2D eigenvalue weighted by molar-refractivity contribution is 0.100. The Kier molecular flexibility index (Phi) is 2.68. The van der Waals surface area contributed by atoms with Gasteiger partial charge in [0.15, 0.2) is 0 Å². The van der Waals surface area contributed by atoms with Crippen molar-refractivity contribution in [2.45, 2.75) is 0 Å². The van der Waals surface area contributed by atoms with Crippen molar-refractivity contribution in [1.82, 2.24) is 9.97 Å². The molecule has 0 saturated heterocycles. The van der Waals surface area contributed by atoms with Crippen LogP contribution in [0.2, 0.25) is 0 Å². The molecule has 0 fully saturated rings. The van der Waals surface area contributed by atoms with Gasteiger partial charge in [0.05, 0.1) is 22.9 Å². The Balaban J connectivity index is 2.22. The third-order valence-electron chi connectivity index (χ3n) is 2.92. The highest BCUT2D eigenvalue weighted by atomic mass is 16.1. The first kappa shape index (κ1) is 11.3. The van der Waals surface area contributed by atoms with Crippen LogP contribution in [0.4, 0.5) is 0 Å². The lowest BCUT2D eigenvalue weighted by atomic mass is 10.0. The fourth-order valence-electron chi connectivity index (χ4n) is 2.01. The van der Waals surface area contributed by atoms with Crippen LogP contribution in [-0.4, -0.2) is 15.9 Å². The van der Waals surface area contributed by atoms with E-state index in [9.17, 15) is 4.79 Å². The molecule has 2 N–H and O–H groups in total. The molecular weight excluding hydrogens is 238 g/mol. The third kappa shape index (κ3) is 2.04. The van der Waals surface area contributed by atoms with Crippen LogP contribution in [0.1, 0.15) is 10.4 Å². The second-order valence-electron chi connectivity index (χ2n) is 4.15. The maximum Gasteiger partial charge on any atom is 0.249 e. The molecule has 4 nitrogen and oxygen atoms in total. The van der Waals surface area contributed by atoms with Gasteiger partial charge in [-0.05, 0) is 18.2 Å². The predicted molar refractivity (Wildman–Crippen MR) is 73.5 cm³/mol. The lowest BCUT2D eigenvalue weighted by Crippen LogP contribution is -2.12. The van der Waals surface area contributed by atoms with Gasteiger partial charge in [-0.2, -0.15) is 0 Å². The largest absolute Gasteiger partial charge is 0.366 e. The molecule has 0 radical (unpaired) electrons. The first-order valence-corrected chi connectivity index (χ1v) is 5.87. The zero-order chi connectivity index (χ0) is 13.2. The zero-order valence-electron chi connectivity index (χ0n) is 10.1. The van der Waals surface area contributed by atoms with Crippen LogP contribution in [0, 0.1) is 0 Å². The van der Waals surface area contributed by atoms with Crippen LogP contribution in [0.5, 0.6) is 0 Å². The molecule has 0 aliphatic heterocycles. The number of nitrogens with two attached hydrogens (primary N) is 1. The Morgan fingerprint density at radius 2 is 1.63 bits per heavy atom. The molecule has 0 aliphatic rings. The fourth-order valence-corrected chi connectivity index (χ4v) is 2.01. The second-order valence-corrected chi connectivity index (χ2v) is 4.15. The fraction of sp³-hybridized carbons (Fsp3) is 0. The Hall–Kier alpha value is -2.75.